The van der Waals surface area contributed by atoms with E-state index in [2.05, 4.69) is 46.5 Å². The molecule has 1 heterocycles. The van der Waals surface area contributed by atoms with Gasteiger partial charge in [0.15, 0.2) is 11.2 Å². The molecule has 3 aromatic carbocycles. The van der Waals surface area contributed by atoms with Crippen LogP contribution in [0.25, 0.3) is 0 Å². The van der Waals surface area contributed by atoms with Gasteiger partial charge in [0.05, 0.1) is 13.7 Å². The molecule has 4 rings (SSSR count). The molecule has 0 radical (unpaired) electrons. The topological polar surface area (TPSA) is 80.5 Å². The van der Waals surface area contributed by atoms with Crippen LogP contribution in [0.2, 0.25) is 0 Å². The maximum absolute atomic E-state index is 12.6. The molecule has 0 amide bonds. The molecule has 0 saturated carbocycles. The van der Waals surface area contributed by atoms with Gasteiger partial charge in [-0.2, -0.15) is 0 Å². The van der Waals surface area contributed by atoms with Crippen LogP contribution in [0.3, 0.4) is 0 Å². The zero-order valence-corrected chi connectivity index (χ0v) is 23.9. The van der Waals surface area contributed by atoms with Gasteiger partial charge in [-0.15, -0.1) is 16.8 Å². The van der Waals surface area contributed by atoms with Crippen LogP contribution < -0.4 is 9.64 Å². The molecule has 4 aromatic rings. The van der Waals surface area contributed by atoms with Gasteiger partial charge in [0.2, 0.25) is 0 Å². The number of carboxylic acids is 1. The summed E-state index contributed by atoms with van der Waals surface area (Å²) in [4.78, 5) is 14.5. The summed E-state index contributed by atoms with van der Waals surface area (Å²) in [5.74, 6) is 1.60. The summed E-state index contributed by atoms with van der Waals surface area (Å²) in [6.45, 7) is 7.00. The number of aromatic nitrogens is 3. The number of hydrogen-bond acceptors (Lipinski definition) is 6. The lowest BCUT2D eigenvalue weighted by molar-refractivity contribution is -0.138. The molecule has 1 N–H and O–H groups in total. The zero-order valence-electron chi connectivity index (χ0n) is 23.1. The van der Waals surface area contributed by atoms with Crippen molar-refractivity contribution in [2.45, 2.75) is 49.7 Å². The van der Waals surface area contributed by atoms with Crippen LogP contribution in [0, 0.1) is 0 Å². The smallest absolute Gasteiger partial charge is 0.331 e. The van der Waals surface area contributed by atoms with E-state index in [4.69, 9.17) is 4.74 Å². The standard InChI is InChI=1S/C32H36N4O3S/c1-4-6-16-29-33-34-32(40-23-24-17-19-27(39-3)20-18-24)36(29)22-26-14-10-11-15-28(26)35(21-5-2)30(31(37)38)25-12-8-7-9-13-25/h5,7-15,17-20,30H,2,4,6,16,21-23H2,1,3H3,(H,37,38). The third-order valence-electron chi connectivity index (χ3n) is 6.69. The Morgan fingerprint density at radius 1 is 1.07 bits per heavy atom. The number of anilines is 1. The molecular formula is C32H36N4O3S. The fourth-order valence-corrected chi connectivity index (χ4v) is 5.55. The summed E-state index contributed by atoms with van der Waals surface area (Å²) in [5.41, 5.74) is 3.73. The zero-order chi connectivity index (χ0) is 28.3. The Bertz CT molecular complexity index is 1390. The SMILES string of the molecule is C=CCN(c1ccccc1Cn1c(CCCC)nnc1SCc1ccc(OC)cc1)C(C(=O)O)c1ccccc1. The Labute approximate surface area is 240 Å². The second-order valence-electron chi connectivity index (χ2n) is 9.45. The molecule has 0 aliphatic rings. The van der Waals surface area contributed by atoms with Crippen LogP contribution in [0.5, 0.6) is 5.75 Å². The van der Waals surface area contributed by atoms with E-state index < -0.39 is 12.0 Å². The maximum atomic E-state index is 12.6. The Balaban J connectivity index is 1.68. The van der Waals surface area contributed by atoms with Crippen molar-refractivity contribution in [2.24, 2.45) is 0 Å². The number of para-hydroxylation sites is 1. The van der Waals surface area contributed by atoms with E-state index >= 15 is 0 Å². The first-order valence-corrected chi connectivity index (χ1v) is 14.4. The van der Waals surface area contributed by atoms with Crippen LogP contribution in [0.1, 0.15) is 48.3 Å². The number of aryl methyl sites for hydroxylation is 1. The van der Waals surface area contributed by atoms with Crippen molar-refractivity contribution in [1.82, 2.24) is 14.8 Å². The highest BCUT2D eigenvalue weighted by Gasteiger charge is 2.28. The Morgan fingerprint density at radius 3 is 2.48 bits per heavy atom. The van der Waals surface area contributed by atoms with Crippen LogP contribution in [0.4, 0.5) is 5.69 Å². The second-order valence-corrected chi connectivity index (χ2v) is 10.4. The highest BCUT2D eigenvalue weighted by Crippen LogP contribution is 2.32. The van der Waals surface area contributed by atoms with Gasteiger partial charge in [-0.3, -0.25) is 0 Å². The van der Waals surface area contributed by atoms with Gasteiger partial charge < -0.3 is 19.3 Å². The maximum Gasteiger partial charge on any atom is 0.331 e. The fourth-order valence-electron chi connectivity index (χ4n) is 4.64. The summed E-state index contributed by atoms with van der Waals surface area (Å²) < 4.78 is 7.46. The molecule has 1 unspecified atom stereocenters. The molecule has 40 heavy (non-hydrogen) atoms. The van der Waals surface area contributed by atoms with Crippen molar-refractivity contribution < 1.29 is 14.6 Å². The first-order chi connectivity index (χ1) is 19.5. The Kier molecular flexibility index (Phi) is 10.4. The van der Waals surface area contributed by atoms with Gasteiger partial charge in [0.1, 0.15) is 11.6 Å². The average Bonchev–Trinajstić information content (AvgIpc) is 3.36. The van der Waals surface area contributed by atoms with Crippen molar-refractivity contribution in [2.75, 3.05) is 18.6 Å². The van der Waals surface area contributed by atoms with Crippen LogP contribution in [-0.4, -0.2) is 39.5 Å². The Morgan fingerprint density at radius 2 is 1.80 bits per heavy atom. The minimum atomic E-state index is -0.911. The first kappa shape index (κ1) is 29.0. The average molecular weight is 557 g/mol. The highest BCUT2D eigenvalue weighted by atomic mass is 32.2. The van der Waals surface area contributed by atoms with Crippen LogP contribution in [-0.2, 0) is 23.5 Å². The molecule has 0 aliphatic carbocycles. The van der Waals surface area contributed by atoms with Crippen molar-refractivity contribution in [3.8, 4) is 5.75 Å². The summed E-state index contributed by atoms with van der Waals surface area (Å²) in [6, 6.07) is 24.5. The number of thioether (sulfide) groups is 1. The van der Waals surface area contributed by atoms with Gasteiger partial charge in [-0.25, -0.2) is 4.79 Å². The van der Waals surface area contributed by atoms with Crippen LogP contribution >= 0.6 is 11.8 Å². The minimum Gasteiger partial charge on any atom is -0.497 e. The predicted molar refractivity (Wildman–Crippen MR) is 161 cm³/mol. The second kappa shape index (κ2) is 14.4. The Hall–Kier alpha value is -4.04. The number of aliphatic carboxylic acids is 1. The number of methoxy groups -OCH3 is 1. The number of rotatable bonds is 15. The van der Waals surface area contributed by atoms with E-state index in [1.54, 1.807) is 24.9 Å². The van der Waals surface area contributed by atoms with E-state index in [1.807, 2.05) is 65.6 Å². The molecular weight excluding hydrogens is 520 g/mol. The van der Waals surface area contributed by atoms with Gasteiger partial charge in [-0.1, -0.05) is 91.8 Å². The largest absolute Gasteiger partial charge is 0.497 e. The molecule has 0 fully saturated rings. The molecule has 0 bridgehead atoms. The molecule has 8 heteroatoms. The molecule has 1 aromatic heterocycles. The van der Waals surface area contributed by atoms with Crippen LogP contribution in [0.15, 0.2) is 96.7 Å². The number of carboxylic acid groups (broad SMARTS) is 1. The van der Waals surface area contributed by atoms with E-state index in [1.165, 1.54) is 5.56 Å². The number of carbonyl (C=O) groups is 1. The summed E-state index contributed by atoms with van der Waals surface area (Å²) in [5, 5.41) is 20.3. The number of unbranched alkanes of at least 4 members (excludes halogenated alkanes) is 1. The van der Waals surface area contributed by atoms with Crippen molar-refractivity contribution in [3.63, 3.8) is 0 Å². The molecule has 208 valence electrons. The summed E-state index contributed by atoms with van der Waals surface area (Å²) >= 11 is 1.64. The van der Waals surface area contributed by atoms with Gasteiger partial charge in [0, 0.05) is 24.4 Å². The molecule has 1 atom stereocenters. The lowest BCUT2D eigenvalue weighted by Gasteiger charge is -2.32. The first-order valence-electron chi connectivity index (χ1n) is 13.5. The lowest BCUT2D eigenvalue weighted by Crippen LogP contribution is -2.35. The molecule has 0 saturated heterocycles. The quantitative estimate of drug-likeness (QED) is 0.128. The number of hydrogen-bond donors (Lipinski definition) is 1. The van der Waals surface area contributed by atoms with Crippen molar-refractivity contribution in [1.29, 1.82) is 0 Å². The highest BCUT2D eigenvalue weighted by molar-refractivity contribution is 7.98. The van der Waals surface area contributed by atoms with Gasteiger partial charge in [-0.05, 0) is 41.3 Å². The summed E-state index contributed by atoms with van der Waals surface area (Å²) in [6.07, 6.45) is 4.65. The third-order valence-corrected chi connectivity index (χ3v) is 7.73. The number of ether oxygens (including phenoxy) is 1. The predicted octanol–water partition coefficient (Wildman–Crippen LogP) is 6.79. The fraction of sp³-hybridized carbons (Fsp3) is 0.281. The van der Waals surface area contributed by atoms with E-state index in [-0.39, 0.29) is 0 Å². The monoisotopic (exact) mass is 556 g/mol. The lowest BCUT2D eigenvalue weighted by atomic mass is 10.0. The molecule has 0 aliphatic heterocycles. The van der Waals surface area contributed by atoms with E-state index in [0.717, 1.165) is 58.6 Å². The summed E-state index contributed by atoms with van der Waals surface area (Å²) in [7, 11) is 1.66. The minimum absolute atomic E-state index is 0.382. The van der Waals surface area contributed by atoms with E-state index in [0.29, 0.717) is 13.1 Å². The van der Waals surface area contributed by atoms with Gasteiger partial charge >= 0.3 is 5.97 Å². The van der Waals surface area contributed by atoms with Crippen molar-refractivity contribution >= 4 is 23.4 Å². The van der Waals surface area contributed by atoms with E-state index in [9.17, 15) is 9.90 Å². The normalized spacial score (nSPS) is 11.7. The van der Waals surface area contributed by atoms with Crippen molar-refractivity contribution in [3.05, 3.63) is 114 Å². The number of nitrogens with zero attached hydrogens (tertiary/aromatic N) is 4. The number of benzene rings is 3. The molecule has 7 nitrogen and oxygen atoms in total. The third kappa shape index (κ3) is 7.12. The van der Waals surface area contributed by atoms with Gasteiger partial charge in [0.25, 0.3) is 0 Å². The molecule has 0 spiro atoms.